The lowest BCUT2D eigenvalue weighted by Gasteiger charge is -2.16. The van der Waals surface area contributed by atoms with E-state index in [-0.39, 0.29) is 23.0 Å². The number of aromatic hydroxyl groups is 4. The Morgan fingerprint density at radius 2 is 1.15 bits per heavy atom. The molecule has 128 valence electrons. The molecule has 0 saturated heterocycles. The maximum atomic E-state index is 11.0. The first-order chi connectivity index (χ1) is 12.6. The summed E-state index contributed by atoms with van der Waals surface area (Å²) in [7, 11) is 0. The smallest absolute Gasteiger partial charge is 0.132 e. The predicted molar refractivity (Wildman–Crippen MR) is 101 cm³/mol. The molecule has 0 spiro atoms. The van der Waals surface area contributed by atoms with Crippen molar-refractivity contribution in [2.45, 2.75) is 0 Å². The molecule has 0 aliphatic heterocycles. The summed E-state index contributed by atoms with van der Waals surface area (Å²) >= 11 is 0. The molecule has 0 heterocycles. The van der Waals surface area contributed by atoms with Crippen molar-refractivity contribution in [2.24, 2.45) is 0 Å². The molecule has 0 aliphatic rings. The average molecular weight is 344 g/mol. The molecule has 26 heavy (non-hydrogen) atoms. The van der Waals surface area contributed by atoms with Gasteiger partial charge in [0.2, 0.25) is 0 Å². The van der Waals surface area contributed by atoms with E-state index in [0.29, 0.717) is 33.0 Å². The van der Waals surface area contributed by atoms with Gasteiger partial charge in [0, 0.05) is 22.3 Å². The lowest BCUT2D eigenvalue weighted by Crippen LogP contribution is -1.89. The summed E-state index contributed by atoms with van der Waals surface area (Å²) < 4.78 is 0. The van der Waals surface area contributed by atoms with Crippen LogP contribution in [0.15, 0.2) is 72.8 Å². The minimum atomic E-state index is -0.0498. The molecule has 0 fully saturated rings. The van der Waals surface area contributed by atoms with Crippen molar-refractivity contribution in [2.75, 3.05) is 0 Å². The van der Waals surface area contributed by atoms with E-state index in [0.717, 1.165) is 0 Å². The second-order valence-electron chi connectivity index (χ2n) is 6.09. The van der Waals surface area contributed by atoms with Crippen LogP contribution in [0.3, 0.4) is 0 Å². The molecule has 0 radical (unpaired) electrons. The van der Waals surface area contributed by atoms with Crippen molar-refractivity contribution in [3.05, 3.63) is 72.8 Å². The Morgan fingerprint density at radius 1 is 0.538 bits per heavy atom. The monoisotopic (exact) mass is 344 g/mol. The number of phenolic OH excluding ortho intramolecular Hbond substituents is 4. The summed E-state index contributed by atoms with van der Waals surface area (Å²) in [6.07, 6.45) is 0. The topological polar surface area (TPSA) is 80.9 Å². The van der Waals surface area contributed by atoms with Gasteiger partial charge in [-0.05, 0) is 47.2 Å². The first-order valence-electron chi connectivity index (χ1n) is 8.11. The van der Waals surface area contributed by atoms with Crippen LogP contribution in [-0.4, -0.2) is 20.4 Å². The Balaban J connectivity index is 2.15. The van der Waals surface area contributed by atoms with Gasteiger partial charge in [-0.3, -0.25) is 0 Å². The van der Waals surface area contributed by atoms with Crippen LogP contribution in [0.25, 0.3) is 33.0 Å². The molecular weight excluding hydrogens is 328 g/mol. The molecule has 4 aromatic rings. The molecule has 0 saturated carbocycles. The molecular formula is C22H16O4. The Bertz CT molecular complexity index is 1130. The molecule has 0 bridgehead atoms. The molecule has 0 aliphatic carbocycles. The van der Waals surface area contributed by atoms with Crippen LogP contribution in [0.1, 0.15) is 0 Å². The second kappa shape index (κ2) is 6.01. The van der Waals surface area contributed by atoms with E-state index in [1.54, 1.807) is 66.7 Å². The molecule has 0 atom stereocenters. The number of hydrogen-bond acceptors (Lipinski definition) is 4. The van der Waals surface area contributed by atoms with Gasteiger partial charge in [-0.15, -0.1) is 0 Å². The first kappa shape index (κ1) is 15.8. The van der Waals surface area contributed by atoms with E-state index < -0.39 is 0 Å². The van der Waals surface area contributed by atoms with E-state index in [1.165, 1.54) is 6.07 Å². The van der Waals surface area contributed by atoms with Crippen LogP contribution in [0.2, 0.25) is 0 Å². The summed E-state index contributed by atoms with van der Waals surface area (Å²) in [6, 6.07) is 20.0. The number of para-hydroxylation sites is 2. The fourth-order valence-corrected chi connectivity index (χ4v) is 3.25. The van der Waals surface area contributed by atoms with Gasteiger partial charge in [0.05, 0.1) is 0 Å². The fourth-order valence-electron chi connectivity index (χ4n) is 3.25. The lowest BCUT2D eigenvalue weighted by atomic mass is 9.91. The van der Waals surface area contributed by atoms with Gasteiger partial charge >= 0.3 is 0 Å². The van der Waals surface area contributed by atoms with Crippen LogP contribution >= 0.6 is 0 Å². The zero-order valence-corrected chi connectivity index (χ0v) is 13.7. The molecule has 0 unspecified atom stereocenters. The van der Waals surface area contributed by atoms with Crippen molar-refractivity contribution in [3.63, 3.8) is 0 Å². The quantitative estimate of drug-likeness (QED) is 0.413. The van der Waals surface area contributed by atoms with Gasteiger partial charge < -0.3 is 20.4 Å². The third kappa shape index (κ3) is 2.48. The molecule has 4 nitrogen and oxygen atoms in total. The van der Waals surface area contributed by atoms with Crippen LogP contribution in [0, 0.1) is 0 Å². The van der Waals surface area contributed by atoms with Gasteiger partial charge in [-0.1, -0.05) is 36.4 Å². The normalized spacial score (nSPS) is 10.9. The zero-order valence-electron chi connectivity index (χ0n) is 13.7. The lowest BCUT2D eigenvalue weighted by molar-refractivity contribution is 0.467. The Morgan fingerprint density at radius 3 is 1.81 bits per heavy atom. The number of fused-ring (bicyclic) bond motifs is 1. The van der Waals surface area contributed by atoms with E-state index in [2.05, 4.69) is 0 Å². The third-order valence-electron chi connectivity index (χ3n) is 4.46. The van der Waals surface area contributed by atoms with E-state index >= 15 is 0 Å². The van der Waals surface area contributed by atoms with Crippen molar-refractivity contribution in [3.8, 4) is 45.3 Å². The number of hydrogen-bond donors (Lipinski definition) is 4. The molecule has 4 aromatic carbocycles. The van der Waals surface area contributed by atoms with E-state index in [4.69, 9.17) is 0 Å². The van der Waals surface area contributed by atoms with Crippen LogP contribution in [-0.2, 0) is 0 Å². The van der Waals surface area contributed by atoms with Gasteiger partial charge in [0.1, 0.15) is 23.0 Å². The summed E-state index contributed by atoms with van der Waals surface area (Å²) in [6.45, 7) is 0. The minimum Gasteiger partial charge on any atom is -0.508 e. The van der Waals surface area contributed by atoms with Crippen LogP contribution < -0.4 is 0 Å². The van der Waals surface area contributed by atoms with Gasteiger partial charge in [-0.25, -0.2) is 0 Å². The number of rotatable bonds is 2. The Hall–Kier alpha value is -3.66. The Kier molecular flexibility index (Phi) is 3.66. The SMILES string of the molecule is Oc1ccc2c(-c3ccccc3O)c(O)c(-c3ccccc3O)cc2c1. The summed E-state index contributed by atoms with van der Waals surface area (Å²) in [4.78, 5) is 0. The molecule has 4 rings (SSSR count). The van der Waals surface area contributed by atoms with Gasteiger partial charge in [0.15, 0.2) is 0 Å². The zero-order chi connectivity index (χ0) is 18.3. The summed E-state index contributed by atoms with van der Waals surface area (Å²) in [5.41, 5.74) is 1.79. The van der Waals surface area contributed by atoms with Crippen molar-refractivity contribution in [1.82, 2.24) is 0 Å². The first-order valence-corrected chi connectivity index (χ1v) is 8.11. The van der Waals surface area contributed by atoms with Crippen molar-refractivity contribution < 1.29 is 20.4 Å². The van der Waals surface area contributed by atoms with Crippen LogP contribution in [0.4, 0.5) is 0 Å². The minimum absolute atomic E-state index is 0.0329. The van der Waals surface area contributed by atoms with E-state index in [1.807, 2.05) is 0 Å². The summed E-state index contributed by atoms with van der Waals surface area (Å²) in [5, 5.41) is 42.8. The van der Waals surface area contributed by atoms with Crippen LogP contribution in [0.5, 0.6) is 23.0 Å². The molecule has 0 aromatic heterocycles. The predicted octanol–water partition coefficient (Wildman–Crippen LogP) is 5.00. The highest BCUT2D eigenvalue weighted by molar-refractivity contribution is 6.06. The highest BCUT2D eigenvalue weighted by atomic mass is 16.3. The molecule has 4 heteroatoms. The highest BCUT2D eigenvalue weighted by Crippen LogP contribution is 2.47. The second-order valence-corrected chi connectivity index (χ2v) is 6.09. The largest absolute Gasteiger partial charge is 0.508 e. The van der Waals surface area contributed by atoms with Crippen molar-refractivity contribution >= 4 is 10.8 Å². The fraction of sp³-hybridized carbons (Fsp3) is 0. The van der Waals surface area contributed by atoms with Gasteiger partial charge in [-0.2, -0.15) is 0 Å². The van der Waals surface area contributed by atoms with Gasteiger partial charge in [0.25, 0.3) is 0 Å². The molecule has 0 amide bonds. The number of benzene rings is 4. The maximum Gasteiger partial charge on any atom is 0.132 e. The van der Waals surface area contributed by atoms with E-state index in [9.17, 15) is 20.4 Å². The standard InChI is InChI=1S/C22H16O4/c23-14-9-10-15-13(11-14)12-18(16-5-1-3-7-19(16)24)22(26)21(15)17-6-2-4-8-20(17)25/h1-12,23-26H. The number of phenols is 4. The summed E-state index contributed by atoms with van der Waals surface area (Å²) in [5.74, 6) is 0.109. The molecule has 4 N–H and O–H groups in total. The van der Waals surface area contributed by atoms with Crippen molar-refractivity contribution in [1.29, 1.82) is 0 Å². The maximum absolute atomic E-state index is 11.0. The Labute approximate surface area is 149 Å². The highest BCUT2D eigenvalue weighted by Gasteiger charge is 2.19. The average Bonchev–Trinajstić information content (AvgIpc) is 2.63. The third-order valence-corrected chi connectivity index (χ3v) is 4.46.